The van der Waals surface area contributed by atoms with Crippen LogP contribution in [0.5, 0.6) is 0 Å². The van der Waals surface area contributed by atoms with Gasteiger partial charge in [-0.1, -0.05) is 0 Å². The lowest BCUT2D eigenvalue weighted by Crippen LogP contribution is -2.21. The second-order valence-electron chi connectivity index (χ2n) is 6.74. The molecule has 3 N–H and O–H groups in total. The summed E-state index contributed by atoms with van der Waals surface area (Å²) < 4.78 is 33.0. The predicted molar refractivity (Wildman–Crippen MR) is 112 cm³/mol. The lowest BCUT2D eigenvalue weighted by atomic mass is 10.2. The number of thiophene rings is 1. The van der Waals surface area contributed by atoms with Crippen molar-refractivity contribution >= 4 is 28.9 Å². The highest BCUT2D eigenvalue weighted by atomic mass is 32.1. The number of aromatic amines is 1. The molecule has 0 aliphatic carbocycles. The first-order valence-electron chi connectivity index (χ1n) is 8.97. The third-order valence-corrected chi connectivity index (χ3v) is 4.74. The lowest BCUT2D eigenvalue weighted by molar-refractivity contribution is -0.192. The fraction of sp³-hybridized carbons (Fsp3) is 0.263. The fourth-order valence-corrected chi connectivity index (χ4v) is 3.29. The monoisotopic (exact) mass is 471 g/mol. The Hall–Kier alpha value is -3.45. The number of halogens is 3. The predicted octanol–water partition coefficient (Wildman–Crippen LogP) is 2.88. The van der Waals surface area contributed by atoms with Gasteiger partial charge in [-0.3, -0.25) is 9.78 Å². The average molecular weight is 471 g/mol. The van der Waals surface area contributed by atoms with Crippen molar-refractivity contribution in [2.24, 2.45) is 0 Å². The van der Waals surface area contributed by atoms with Gasteiger partial charge in [-0.25, -0.2) is 9.59 Å². The molecule has 0 radical (unpaired) electrons. The number of hydrogen-bond donors (Lipinski definition) is 3. The van der Waals surface area contributed by atoms with Gasteiger partial charge in [-0.05, 0) is 62.3 Å². The lowest BCUT2D eigenvalue weighted by Gasteiger charge is -2.11. The van der Waals surface area contributed by atoms with Gasteiger partial charge < -0.3 is 15.3 Å². The summed E-state index contributed by atoms with van der Waals surface area (Å²) in [6.45, 7) is 2.44. The fourth-order valence-electron chi connectivity index (χ4n) is 2.48. The number of amides is 1. The normalized spacial score (nSPS) is 11.1. The first kappa shape index (κ1) is 24.8. The van der Waals surface area contributed by atoms with Gasteiger partial charge in [0, 0.05) is 12.2 Å². The Labute approximate surface area is 184 Å². The molecular weight excluding hydrogens is 451 g/mol. The molecular formula is C19H20F3N5O4S. The van der Waals surface area contributed by atoms with Crippen LogP contribution in [-0.4, -0.2) is 56.9 Å². The highest BCUT2D eigenvalue weighted by Gasteiger charge is 2.38. The molecule has 172 valence electrons. The number of alkyl halides is 3. The number of anilines is 1. The van der Waals surface area contributed by atoms with E-state index in [1.54, 1.807) is 31.2 Å². The number of carbonyl (C=O) groups is 2. The molecule has 3 aromatic rings. The minimum atomic E-state index is -5.08. The summed E-state index contributed by atoms with van der Waals surface area (Å²) in [5.74, 6) is -2.34. The molecule has 32 heavy (non-hydrogen) atoms. The van der Waals surface area contributed by atoms with Gasteiger partial charge in [0.2, 0.25) is 0 Å². The summed E-state index contributed by atoms with van der Waals surface area (Å²) >= 11 is 1.43. The highest BCUT2D eigenvalue weighted by molar-refractivity contribution is 7.12. The summed E-state index contributed by atoms with van der Waals surface area (Å²) in [5, 5.41) is 16.0. The molecule has 9 nitrogen and oxygen atoms in total. The number of carbonyl (C=O) groups excluding carboxylic acids is 1. The molecule has 0 spiro atoms. The first-order chi connectivity index (χ1) is 14.9. The highest BCUT2D eigenvalue weighted by Crippen LogP contribution is 2.20. The molecule has 0 aliphatic rings. The zero-order valence-corrected chi connectivity index (χ0v) is 18.0. The number of aromatic nitrogens is 3. The molecule has 1 amide bonds. The van der Waals surface area contributed by atoms with Crippen molar-refractivity contribution in [1.82, 2.24) is 19.7 Å². The molecule has 13 heteroatoms. The first-order valence-corrected chi connectivity index (χ1v) is 9.85. The van der Waals surface area contributed by atoms with Crippen LogP contribution in [0.2, 0.25) is 0 Å². The van der Waals surface area contributed by atoms with Crippen LogP contribution >= 0.6 is 11.3 Å². The Morgan fingerprint density at radius 2 is 1.81 bits per heavy atom. The van der Waals surface area contributed by atoms with Crippen LogP contribution in [-0.2, 0) is 11.3 Å². The Morgan fingerprint density at radius 1 is 1.22 bits per heavy atom. The van der Waals surface area contributed by atoms with E-state index >= 15 is 0 Å². The van der Waals surface area contributed by atoms with E-state index in [0.717, 1.165) is 5.56 Å². The molecule has 0 fully saturated rings. The Balaban J connectivity index is 0.000000451. The van der Waals surface area contributed by atoms with Gasteiger partial charge in [0.05, 0.1) is 10.6 Å². The summed E-state index contributed by atoms with van der Waals surface area (Å²) in [7, 11) is 3.94. The van der Waals surface area contributed by atoms with Crippen LogP contribution < -0.4 is 11.0 Å². The molecule has 0 atom stereocenters. The zero-order valence-electron chi connectivity index (χ0n) is 17.2. The number of carboxylic acid groups (broad SMARTS) is 1. The van der Waals surface area contributed by atoms with Crippen molar-refractivity contribution in [2.45, 2.75) is 19.6 Å². The molecule has 3 rings (SSSR count). The second-order valence-corrected chi connectivity index (χ2v) is 7.66. The smallest absolute Gasteiger partial charge is 0.475 e. The Kier molecular flexibility index (Phi) is 7.94. The summed E-state index contributed by atoms with van der Waals surface area (Å²) in [6, 6.07) is 8.96. The van der Waals surface area contributed by atoms with Crippen molar-refractivity contribution in [3.8, 4) is 5.69 Å². The molecule has 1 aromatic carbocycles. The Bertz CT molecular complexity index is 1130. The van der Waals surface area contributed by atoms with E-state index in [1.807, 2.05) is 30.4 Å². The number of hydrogen-bond acceptors (Lipinski definition) is 6. The van der Waals surface area contributed by atoms with E-state index in [-0.39, 0.29) is 11.6 Å². The van der Waals surface area contributed by atoms with Gasteiger partial charge in [0.25, 0.3) is 5.91 Å². The summed E-state index contributed by atoms with van der Waals surface area (Å²) in [6.07, 6.45) is -5.08. The quantitative estimate of drug-likeness (QED) is 0.526. The third kappa shape index (κ3) is 6.78. The van der Waals surface area contributed by atoms with Crippen LogP contribution in [0.3, 0.4) is 0 Å². The van der Waals surface area contributed by atoms with Gasteiger partial charge in [-0.2, -0.15) is 23.0 Å². The van der Waals surface area contributed by atoms with E-state index < -0.39 is 12.1 Å². The van der Waals surface area contributed by atoms with Gasteiger partial charge in [0.1, 0.15) is 5.82 Å². The van der Waals surface area contributed by atoms with Crippen molar-refractivity contribution in [3.05, 3.63) is 62.5 Å². The molecule has 2 heterocycles. The number of nitrogens with one attached hydrogen (secondary N) is 2. The number of carboxylic acids is 1. The van der Waals surface area contributed by atoms with Crippen molar-refractivity contribution in [3.63, 3.8) is 0 Å². The van der Waals surface area contributed by atoms with E-state index in [0.29, 0.717) is 28.6 Å². The SMILES string of the molecule is Cc1nn(-c2ccc(NC(=O)c3sccc3CN(C)C)cc2)c(=O)[nH]1.O=C(O)C(F)(F)F. The van der Waals surface area contributed by atoms with Crippen LogP contribution in [0.4, 0.5) is 18.9 Å². The molecule has 0 unspecified atom stereocenters. The van der Waals surface area contributed by atoms with Crippen LogP contribution in [0.1, 0.15) is 21.1 Å². The van der Waals surface area contributed by atoms with Gasteiger partial charge in [0.15, 0.2) is 0 Å². The Morgan fingerprint density at radius 3 is 2.28 bits per heavy atom. The van der Waals surface area contributed by atoms with E-state index in [9.17, 15) is 22.8 Å². The number of aryl methyl sites for hydroxylation is 1. The number of aliphatic carboxylic acids is 1. The molecule has 0 bridgehead atoms. The summed E-state index contributed by atoms with van der Waals surface area (Å²) in [4.78, 5) is 38.5. The van der Waals surface area contributed by atoms with Crippen molar-refractivity contribution in [1.29, 1.82) is 0 Å². The number of rotatable bonds is 5. The van der Waals surface area contributed by atoms with Crippen LogP contribution in [0, 0.1) is 6.92 Å². The third-order valence-electron chi connectivity index (χ3n) is 3.78. The standard InChI is InChI=1S/C17H19N5O2S.C2HF3O2/c1-11-18-17(24)22(20-11)14-6-4-13(5-7-14)19-16(23)15-12(8-9-25-15)10-21(2)3;3-2(4,5)1(6)7/h4-9H,10H2,1-3H3,(H,19,23)(H,18,20,24);(H,6,7). The molecule has 0 aliphatic heterocycles. The number of nitrogens with zero attached hydrogens (tertiary/aromatic N) is 3. The van der Waals surface area contributed by atoms with E-state index in [2.05, 4.69) is 15.4 Å². The molecule has 0 saturated carbocycles. The van der Waals surface area contributed by atoms with Gasteiger partial charge >= 0.3 is 17.8 Å². The van der Waals surface area contributed by atoms with Crippen LogP contribution in [0.25, 0.3) is 5.69 Å². The number of benzene rings is 1. The van der Waals surface area contributed by atoms with Crippen LogP contribution in [0.15, 0.2) is 40.5 Å². The minimum Gasteiger partial charge on any atom is -0.475 e. The molecule has 0 saturated heterocycles. The second kappa shape index (κ2) is 10.2. The topological polar surface area (TPSA) is 120 Å². The maximum absolute atomic E-state index is 12.5. The largest absolute Gasteiger partial charge is 0.490 e. The maximum atomic E-state index is 12.5. The van der Waals surface area contributed by atoms with E-state index in [1.165, 1.54) is 16.0 Å². The number of H-pyrrole nitrogens is 1. The van der Waals surface area contributed by atoms with Crippen molar-refractivity contribution < 1.29 is 27.9 Å². The van der Waals surface area contributed by atoms with Crippen molar-refractivity contribution in [2.75, 3.05) is 19.4 Å². The van der Waals surface area contributed by atoms with Gasteiger partial charge in [-0.15, -0.1) is 11.3 Å². The van der Waals surface area contributed by atoms with E-state index in [4.69, 9.17) is 9.90 Å². The minimum absolute atomic E-state index is 0.132. The zero-order chi connectivity index (χ0) is 24.1. The maximum Gasteiger partial charge on any atom is 0.490 e. The summed E-state index contributed by atoms with van der Waals surface area (Å²) in [5.41, 5.74) is 2.01. The average Bonchev–Trinajstić information content (AvgIpc) is 3.27. The molecule has 2 aromatic heterocycles.